The molecule has 2 aliphatic rings. The monoisotopic (exact) mass is 467 g/mol. The number of fused-ring (bicyclic) bond motifs is 1. The SMILES string of the molecule is CCCOc1cccc([C@H]2C(=C(O)c3ccc4c(c3)OCCO4)C(=O)C(=O)N2CCCOC)c1. The highest BCUT2D eigenvalue weighted by atomic mass is 16.6. The van der Waals surface area contributed by atoms with E-state index in [1.807, 2.05) is 31.2 Å². The van der Waals surface area contributed by atoms with Crippen molar-refractivity contribution >= 4 is 17.4 Å². The molecule has 0 aliphatic carbocycles. The number of Topliss-reactive ketones (excluding diaryl/α,β-unsaturated/α-hetero) is 1. The van der Waals surface area contributed by atoms with Crippen LogP contribution in [0, 0.1) is 0 Å². The first kappa shape index (κ1) is 23.6. The minimum Gasteiger partial charge on any atom is -0.507 e. The van der Waals surface area contributed by atoms with E-state index in [2.05, 4.69) is 0 Å². The van der Waals surface area contributed by atoms with E-state index in [0.717, 1.165) is 6.42 Å². The Bertz CT molecular complexity index is 1090. The smallest absolute Gasteiger partial charge is 0.295 e. The molecule has 2 aromatic carbocycles. The molecule has 8 nitrogen and oxygen atoms in total. The van der Waals surface area contributed by atoms with E-state index in [-0.39, 0.29) is 11.3 Å². The van der Waals surface area contributed by atoms with Crippen LogP contribution in [-0.2, 0) is 14.3 Å². The Balaban J connectivity index is 1.78. The molecule has 0 saturated carbocycles. The van der Waals surface area contributed by atoms with Gasteiger partial charge in [-0.3, -0.25) is 9.59 Å². The van der Waals surface area contributed by atoms with Gasteiger partial charge in [-0.2, -0.15) is 0 Å². The van der Waals surface area contributed by atoms with Crippen LogP contribution in [0.5, 0.6) is 17.2 Å². The van der Waals surface area contributed by atoms with E-state index in [0.29, 0.717) is 67.8 Å². The highest BCUT2D eigenvalue weighted by Crippen LogP contribution is 2.41. The number of ether oxygens (including phenoxy) is 4. The maximum Gasteiger partial charge on any atom is 0.295 e. The summed E-state index contributed by atoms with van der Waals surface area (Å²) in [6.45, 7) is 4.15. The van der Waals surface area contributed by atoms with Crippen molar-refractivity contribution in [2.45, 2.75) is 25.8 Å². The topological polar surface area (TPSA) is 94.5 Å². The summed E-state index contributed by atoms with van der Waals surface area (Å²) in [6.07, 6.45) is 1.40. The molecule has 0 radical (unpaired) electrons. The lowest BCUT2D eigenvalue weighted by Gasteiger charge is -2.26. The number of hydrogen-bond acceptors (Lipinski definition) is 7. The van der Waals surface area contributed by atoms with Crippen molar-refractivity contribution in [3.05, 3.63) is 59.2 Å². The molecule has 1 amide bonds. The van der Waals surface area contributed by atoms with Crippen LogP contribution in [0.3, 0.4) is 0 Å². The fourth-order valence-electron chi connectivity index (χ4n) is 4.18. The van der Waals surface area contributed by atoms with Crippen LogP contribution in [0.4, 0.5) is 0 Å². The summed E-state index contributed by atoms with van der Waals surface area (Å²) >= 11 is 0. The molecule has 1 fully saturated rings. The molecule has 34 heavy (non-hydrogen) atoms. The Labute approximate surface area is 198 Å². The number of aliphatic hydroxyl groups excluding tert-OH is 1. The van der Waals surface area contributed by atoms with E-state index in [9.17, 15) is 14.7 Å². The molecular formula is C26H29NO7. The Kier molecular flexibility index (Phi) is 7.37. The fraction of sp³-hybridized carbons (Fsp3) is 0.385. The molecule has 0 spiro atoms. The van der Waals surface area contributed by atoms with E-state index < -0.39 is 17.7 Å². The number of nitrogens with zero attached hydrogens (tertiary/aromatic N) is 1. The third-order valence-corrected chi connectivity index (χ3v) is 5.75. The number of benzene rings is 2. The van der Waals surface area contributed by atoms with Gasteiger partial charge in [-0.15, -0.1) is 0 Å². The highest BCUT2D eigenvalue weighted by molar-refractivity contribution is 6.46. The molecule has 2 heterocycles. The quantitative estimate of drug-likeness (QED) is 0.260. The number of methoxy groups -OCH3 is 1. The van der Waals surface area contributed by atoms with Crippen molar-refractivity contribution in [2.24, 2.45) is 0 Å². The molecule has 2 aliphatic heterocycles. The standard InChI is InChI=1S/C26H29NO7/c1-3-11-32-19-7-4-6-17(15-19)23-22(25(29)26(30)27(23)10-5-12-31-2)24(28)18-8-9-20-21(16-18)34-14-13-33-20/h4,6-9,15-16,23,28H,3,5,10-14H2,1-2H3/t23-/m0/s1. The van der Waals surface area contributed by atoms with Crippen LogP contribution in [0.15, 0.2) is 48.0 Å². The predicted molar refractivity (Wildman–Crippen MR) is 125 cm³/mol. The number of hydrogen-bond donors (Lipinski definition) is 1. The first-order valence-electron chi connectivity index (χ1n) is 11.4. The maximum atomic E-state index is 13.2. The summed E-state index contributed by atoms with van der Waals surface area (Å²) in [7, 11) is 1.59. The summed E-state index contributed by atoms with van der Waals surface area (Å²) in [4.78, 5) is 27.7. The molecular weight excluding hydrogens is 438 g/mol. The lowest BCUT2D eigenvalue weighted by Crippen LogP contribution is -2.31. The summed E-state index contributed by atoms with van der Waals surface area (Å²) in [5.41, 5.74) is 1.10. The largest absolute Gasteiger partial charge is 0.507 e. The minimum atomic E-state index is -0.754. The average Bonchev–Trinajstić information content (AvgIpc) is 3.12. The van der Waals surface area contributed by atoms with Gasteiger partial charge in [0.1, 0.15) is 24.7 Å². The van der Waals surface area contributed by atoms with Gasteiger partial charge in [0.2, 0.25) is 0 Å². The van der Waals surface area contributed by atoms with Gasteiger partial charge in [-0.25, -0.2) is 0 Å². The number of amides is 1. The zero-order valence-corrected chi connectivity index (χ0v) is 19.4. The van der Waals surface area contributed by atoms with Crippen LogP contribution in [0.25, 0.3) is 5.76 Å². The van der Waals surface area contributed by atoms with Crippen molar-refractivity contribution < 1.29 is 33.6 Å². The van der Waals surface area contributed by atoms with Gasteiger partial charge in [0.05, 0.1) is 18.2 Å². The van der Waals surface area contributed by atoms with Crippen LogP contribution in [0.2, 0.25) is 0 Å². The van der Waals surface area contributed by atoms with E-state index in [1.165, 1.54) is 4.90 Å². The number of likely N-dealkylation sites (tertiary alicyclic amines) is 1. The Morgan fingerprint density at radius 2 is 1.88 bits per heavy atom. The number of carbonyl (C=O) groups excluding carboxylic acids is 2. The molecule has 180 valence electrons. The van der Waals surface area contributed by atoms with Gasteiger partial charge in [0.25, 0.3) is 11.7 Å². The minimum absolute atomic E-state index is 0.0340. The Morgan fingerprint density at radius 1 is 1.09 bits per heavy atom. The first-order chi connectivity index (χ1) is 16.5. The van der Waals surface area contributed by atoms with Crippen molar-refractivity contribution in [3.63, 3.8) is 0 Å². The zero-order valence-electron chi connectivity index (χ0n) is 19.4. The lowest BCUT2D eigenvalue weighted by molar-refractivity contribution is -0.140. The second-order valence-electron chi connectivity index (χ2n) is 8.12. The number of aliphatic hydroxyl groups is 1. The predicted octanol–water partition coefficient (Wildman–Crippen LogP) is 3.70. The molecule has 2 aromatic rings. The van der Waals surface area contributed by atoms with E-state index in [1.54, 1.807) is 25.3 Å². The zero-order chi connectivity index (χ0) is 24.1. The van der Waals surface area contributed by atoms with Crippen molar-refractivity contribution in [1.82, 2.24) is 4.90 Å². The Hall–Kier alpha value is -3.52. The molecule has 0 aromatic heterocycles. The van der Waals surface area contributed by atoms with Gasteiger partial charge < -0.3 is 29.0 Å². The van der Waals surface area contributed by atoms with Crippen molar-refractivity contribution in [2.75, 3.05) is 40.1 Å². The van der Waals surface area contributed by atoms with E-state index >= 15 is 0 Å². The Morgan fingerprint density at radius 3 is 2.65 bits per heavy atom. The first-order valence-corrected chi connectivity index (χ1v) is 11.4. The normalized spacial score (nSPS) is 18.9. The van der Waals surface area contributed by atoms with Gasteiger partial charge in [-0.1, -0.05) is 19.1 Å². The summed E-state index contributed by atoms with van der Waals surface area (Å²) in [6, 6.07) is 11.5. The average molecular weight is 468 g/mol. The molecule has 8 heteroatoms. The number of ketones is 1. The van der Waals surface area contributed by atoms with Crippen molar-refractivity contribution in [1.29, 1.82) is 0 Å². The van der Waals surface area contributed by atoms with E-state index in [4.69, 9.17) is 18.9 Å². The highest BCUT2D eigenvalue weighted by Gasteiger charge is 2.46. The second-order valence-corrected chi connectivity index (χ2v) is 8.12. The molecule has 1 atom stereocenters. The van der Waals surface area contributed by atoms with Gasteiger partial charge in [0, 0.05) is 25.8 Å². The summed E-state index contributed by atoms with van der Waals surface area (Å²) in [5, 5.41) is 11.3. The molecule has 4 rings (SSSR count). The summed E-state index contributed by atoms with van der Waals surface area (Å²) in [5.74, 6) is 0.0571. The van der Waals surface area contributed by atoms with Crippen LogP contribution >= 0.6 is 0 Å². The third-order valence-electron chi connectivity index (χ3n) is 5.75. The molecule has 0 bridgehead atoms. The van der Waals surface area contributed by atoms with Gasteiger partial charge in [-0.05, 0) is 48.7 Å². The molecule has 0 unspecified atom stereocenters. The van der Waals surface area contributed by atoms with Crippen LogP contribution < -0.4 is 14.2 Å². The van der Waals surface area contributed by atoms with Crippen LogP contribution in [-0.4, -0.2) is 61.8 Å². The van der Waals surface area contributed by atoms with Crippen molar-refractivity contribution in [3.8, 4) is 17.2 Å². The maximum absolute atomic E-state index is 13.2. The number of rotatable bonds is 9. The van der Waals surface area contributed by atoms with Gasteiger partial charge in [0.15, 0.2) is 11.5 Å². The third kappa shape index (κ3) is 4.72. The van der Waals surface area contributed by atoms with Gasteiger partial charge >= 0.3 is 0 Å². The number of carbonyl (C=O) groups is 2. The lowest BCUT2D eigenvalue weighted by atomic mass is 9.95. The van der Waals surface area contributed by atoms with Crippen LogP contribution in [0.1, 0.15) is 36.9 Å². The fourth-order valence-corrected chi connectivity index (χ4v) is 4.18. The summed E-state index contributed by atoms with van der Waals surface area (Å²) < 4.78 is 22.1. The second kappa shape index (κ2) is 10.6. The molecule has 1 saturated heterocycles. The molecule has 1 N–H and O–H groups in total.